The van der Waals surface area contributed by atoms with Gasteiger partial charge in [-0.2, -0.15) is 0 Å². The average Bonchev–Trinajstić information content (AvgIpc) is 2.66. The summed E-state index contributed by atoms with van der Waals surface area (Å²) in [7, 11) is 0. The monoisotopic (exact) mass is 275 g/mol. The van der Waals surface area contributed by atoms with Crippen molar-refractivity contribution in [3.8, 4) is 5.75 Å². The Balaban J connectivity index is 2.61. The molecule has 0 fully saturated rings. The lowest BCUT2D eigenvalue weighted by Gasteiger charge is -2.01. The molecule has 0 radical (unpaired) electrons. The molecule has 104 valence electrons. The van der Waals surface area contributed by atoms with Crippen molar-refractivity contribution in [2.75, 3.05) is 0 Å². The number of benzene rings is 1. The second kappa shape index (κ2) is 5.16. The largest absolute Gasteiger partial charge is 0.481 e. The minimum atomic E-state index is -0.954. The molecular weight excluding hydrogens is 262 g/mol. The maximum absolute atomic E-state index is 11.5. The molecule has 6 nitrogen and oxygen atoms in total. The summed E-state index contributed by atoms with van der Waals surface area (Å²) in [4.78, 5) is 33.4. The second-order valence-corrected chi connectivity index (χ2v) is 4.40. The standard InChI is InChI=1S/C14H13NO5/c1-8(16)15-7-13(20-9(2)17)11-5-10(6-14(18)19)3-4-12(11)15/h3-5,7H,6H2,1-2H3,(H,18,19). The van der Waals surface area contributed by atoms with E-state index in [9.17, 15) is 14.4 Å². The van der Waals surface area contributed by atoms with Gasteiger partial charge in [0.1, 0.15) is 0 Å². The van der Waals surface area contributed by atoms with Crippen molar-refractivity contribution in [3.05, 3.63) is 30.0 Å². The zero-order valence-corrected chi connectivity index (χ0v) is 11.0. The molecule has 1 heterocycles. The van der Waals surface area contributed by atoms with Gasteiger partial charge in [-0.15, -0.1) is 0 Å². The van der Waals surface area contributed by atoms with Crippen molar-refractivity contribution in [2.24, 2.45) is 0 Å². The highest BCUT2D eigenvalue weighted by molar-refractivity contribution is 5.97. The number of aromatic nitrogens is 1. The Morgan fingerprint density at radius 1 is 1.25 bits per heavy atom. The fourth-order valence-electron chi connectivity index (χ4n) is 2.03. The molecule has 20 heavy (non-hydrogen) atoms. The summed E-state index contributed by atoms with van der Waals surface area (Å²) in [6, 6.07) is 4.89. The molecular formula is C14H13NO5. The average molecular weight is 275 g/mol. The molecule has 0 saturated heterocycles. The van der Waals surface area contributed by atoms with Gasteiger partial charge in [-0.05, 0) is 17.7 Å². The van der Waals surface area contributed by atoms with E-state index in [2.05, 4.69) is 0 Å². The van der Waals surface area contributed by atoms with E-state index in [4.69, 9.17) is 9.84 Å². The number of hydrogen-bond donors (Lipinski definition) is 1. The van der Waals surface area contributed by atoms with Gasteiger partial charge in [0.2, 0.25) is 5.91 Å². The van der Waals surface area contributed by atoms with Gasteiger partial charge in [-0.25, -0.2) is 0 Å². The highest BCUT2D eigenvalue weighted by Gasteiger charge is 2.14. The van der Waals surface area contributed by atoms with Crippen molar-refractivity contribution in [2.45, 2.75) is 20.3 Å². The van der Waals surface area contributed by atoms with Crippen LogP contribution in [0.25, 0.3) is 10.9 Å². The molecule has 0 amide bonds. The van der Waals surface area contributed by atoms with E-state index in [0.717, 1.165) is 0 Å². The third-order valence-electron chi connectivity index (χ3n) is 2.78. The number of esters is 1. The number of ether oxygens (including phenoxy) is 1. The van der Waals surface area contributed by atoms with Gasteiger partial charge in [-0.3, -0.25) is 19.0 Å². The van der Waals surface area contributed by atoms with Crippen LogP contribution in [0.3, 0.4) is 0 Å². The number of rotatable bonds is 3. The molecule has 1 N–H and O–H groups in total. The smallest absolute Gasteiger partial charge is 0.308 e. The van der Waals surface area contributed by atoms with Crippen LogP contribution in [0.15, 0.2) is 24.4 Å². The summed E-state index contributed by atoms with van der Waals surface area (Å²) in [6.07, 6.45) is 1.29. The number of carbonyl (C=O) groups is 3. The van der Waals surface area contributed by atoms with E-state index in [1.165, 1.54) is 24.6 Å². The zero-order valence-electron chi connectivity index (χ0n) is 11.0. The van der Waals surface area contributed by atoms with E-state index >= 15 is 0 Å². The molecule has 0 saturated carbocycles. The van der Waals surface area contributed by atoms with Gasteiger partial charge in [0.05, 0.1) is 18.1 Å². The van der Waals surface area contributed by atoms with Crippen molar-refractivity contribution in [3.63, 3.8) is 0 Å². The maximum atomic E-state index is 11.5. The Hall–Kier alpha value is -2.63. The van der Waals surface area contributed by atoms with Gasteiger partial charge in [0.15, 0.2) is 5.75 Å². The van der Waals surface area contributed by atoms with Crippen LogP contribution in [-0.2, 0) is 16.0 Å². The minimum absolute atomic E-state index is 0.138. The summed E-state index contributed by atoms with van der Waals surface area (Å²) < 4.78 is 6.42. The van der Waals surface area contributed by atoms with Gasteiger partial charge in [0, 0.05) is 19.2 Å². The first kappa shape index (κ1) is 13.8. The summed E-state index contributed by atoms with van der Waals surface area (Å²) in [5, 5.41) is 9.34. The minimum Gasteiger partial charge on any atom is -0.481 e. The predicted octanol–water partition coefficient (Wildman–Crippen LogP) is 1.85. The van der Waals surface area contributed by atoms with E-state index in [-0.39, 0.29) is 18.1 Å². The molecule has 1 aromatic carbocycles. The Labute approximate surface area is 114 Å². The molecule has 0 atom stereocenters. The van der Waals surface area contributed by atoms with Crippen LogP contribution in [-0.4, -0.2) is 27.5 Å². The van der Waals surface area contributed by atoms with Gasteiger partial charge >= 0.3 is 11.9 Å². The summed E-state index contributed by atoms with van der Waals surface area (Å²) in [6.45, 7) is 2.65. The lowest BCUT2D eigenvalue weighted by molar-refractivity contribution is -0.136. The Morgan fingerprint density at radius 3 is 2.50 bits per heavy atom. The van der Waals surface area contributed by atoms with Crippen molar-refractivity contribution in [1.29, 1.82) is 0 Å². The second-order valence-electron chi connectivity index (χ2n) is 4.40. The van der Waals surface area contributed by atoms with Crippen LogP contribution in [0.5, 0.6) is 5.75 Å². The van der Waals surface area contributed by atoms with Crippen LogP contribution in [0.4, 0.5) is 0 Å². The first-order chi connectivity index (χ1) is 9.38. The molecule has 2 aromatic rings. The highest BCUT2D eigenvalue weighted by Crippen LogP contribution is 2.29. The predicted molar refractivity (Wildman–Crippen MR) is 70.9 cm³/mol. The summed E-state index contributed by atoms with van der Waals surface area (Å²) >= 11 is 0. The topological polar surface area (TPSA) is 85.6 Å². The number of carboxylic acids is 1. The molecule has 1 aromatic heterocycles. The van der Waals surface area contributed by atoms with Crippen LogP contribution < -0.4 is 4.74 Å². The van der Waals surface area contributed by atoms with E-state index in [1.54, 1.807) is 18.2 Å². The number of nitrogens with zero attached hydrogens (tertiary/aromatic N) is 1. The molecule has 0 aliphatic heterocycles. The molecule has 0 spiro atoms. The third-order valence-corrected chi connectivity index (χ3v) is 2.78. The molecule has 2 rings (SSSR count). The SMILES string of the molecule is CC(=O)Oc1cn(C(C)=O)c2ccc(CC(=O)O)cc12. The first-order valence-corrected chi connectivity index (χ1v) is 5.93. The number of carbonyl (C=O) groups excluding carboxylic acids is 2. The summed E-state index contributed by atoms with van der Waals surface area (Å²) in [5.41, 5.74) is 1.14. The van der Waals surface area contributed by atoms with Gasteiger partial charge in [-0.1, -0.05) is 6.07 Å². The Kier molecular flexibility index (Phi) is 3.56. The van der Waals surface area contributed by atoms with Crippen LogP contribution in [0.2, 0.25) is 0 Å². The number of fused-ring (bicyclic) bond motifs is 1. The third kappa shape index (κ3) is 2.69. The molecule has 0 aliphatic rings. The molecule has 0 bridgehead atoms. The number of hydrogen-bond acceptors (Lipinski definition) is 4. The number of carboxylic acid groups (broad SMARTS) is 1. The van der Waals surface area contributed by atoms with Crippen LogP contribution >= 0.6 is 0 Å². The zero-order chi connectivity index (χ0) is 14.9. The van der Waals surface area contributed by atoms with Crippen LogP contribution in [0, 0.1) is 0 Å². The van der Waals surface area contributed by atoms with Gasteiger partial charge in [0.25, 0.3) is 0 Å². The van der Waals surface area contributed by atoms with Gasteiger partial charge < -0.3 is 9.84 Å². The lowest BCUT2D eigenvalue weighted by Crippen LogP contribution is -2.04. The Morgan fingerprint density at radius 2 is 1.95 bits per heavy atom. The van der Waals surface area contributed by atoms with Crippen LogP contribution in [0.1, 0.15) is 24.2 Å². The molecule has 0 unspecified atom stereocenters. The fraction of sp³-hybridized carbons (Fsp3) is 0.214. The quantitative estimate of drug-likeness (QED) is 0.864. The van der Waals surface area contributed by atoms with Crippen molar-refractivity contribution >= 4 is 28.7 Å². The molecule has 6 heteroatoms. The maximum Gasteiger partial charge on any atom is 0.308 e. The number of aliphatic carboxylic acids is 1. The van der Waals surface area contributed by atoms with E-state index in [0.29, 0.717) is 16.5 Å². The lowest BCUT2D eigenvalue weighted by atomic mass is 10.1. The summed E-state index contributed by atoms with van der Waals surface area (Å²) in [5.74, 6) is -1.44. The van der Waals surface area contributed by atoms with E-state index in [1.807, 2.05) is 0 Å². The van der Waals surface area contributed by atoms with Crippen molar-refractivity contribution < 1.29 is 24.2 Å². The Bertz CT molecular complexity index is 714. The van der Waals surface area contributed by atoms with E-state index < -0.39 is 11.9 Å². The van der Waals surface area contributed by atoms with Crippen molar-refractivity contribution in [1.82, 2.24) is 4.57 Å². The normalized spacial score (nSPS) is 10.5. The first-order valence-electron chi connectivity index (χ1n) is 5.93. The molecule has 0 aliphatic carbocycles. The highest BCUT2D eigenvalue weighted by atomic mass is 16.5. The fourth-order valence-corrected chi connectivity index (χ4v) is 2.03.